The molecule has 15 heavy (non-hydrogen) atoms. The minimum Gasteiger partial charge on any atom is -0.393 e. The van der Waals surface area contributed by atoms with Crippen molar-refractivity contribution in [3.05, 3.63) is 35.4 Å². The van der Waals surface area contributed by atoms with Crippen LogP contribution in [0.4, 0.5) is 0 Å². The topological polar surface area (TPSA) is 55.5 Å². The highest BCUT2D eigenvalue weighted by molar-refractivity contribution is 5.30. The summed E-state index contributed by atoms with van der Waals surface area (Å²) >= 11 is 0. The zero-order valence-electron chi connectivity index (χ0n) is 8.94. The van der Waals surface area contributed by atoms with Crippen molar-refractivity contribution in [2.24, 2.45) is 5.73 Å². The monoisotopic (exact) mass is 207 g/mol. The number of hydrogen-bond acceptors (Lipinski definition) is 3. The zero-order valence-corrected chi connectivity index (χ0v) is 8.94. The highest BCUT2D eigenvalue weighted by Crippen LogP contribution is 2.38. The first-order valence-electron chi connectivity index (χ1n) is 5.19. The summed E-state index contributed by atoms with van der Waals surface area (Å²) in [7, 11) is 1.68. The normalized spacial score (nSPS) is 29.9. The van der Waals surface area contributed by atoms with Gasteiger partial charge in [0.15, 0.2) is 0 Å². The van der Waals surface area contributed by atoms with Crippen LogP contribution in [0.2, 0.25) is 0 Å². The summed E-state index contributed by atoms with van der Waals surface area (Å²) in [6.45, 7) is 0.625. The maximum absolute atomic E-state index is 9.28. The molecule has 82 valence electrons. The van der Waals surface area contributed by atoms with Crippen LogP contribution in [0.3, 0.4) is 0 Å². The fourth-order valence-electron chi connectivity index (χ4n) is 2.12. The molecule has 1 aliphatic rings. The lowest BCUT2D eigenvalue weighted by atomic mass is 9.70. The van der Waals surface area contributed by atoms with Gasteiger partial charge >= 0.3 is 0 Å². The summed E-state index contributed by atoms with van der Waals surface area (Å²) in [4.78, 5) is 0. The molecule has 0 aliphatic heterocycles. The van der Waals surface area contributed by atoms with Gasteiger partial charge in [-0.3, -0.25) is 0 Å². The van der Waals surface area contributed by atoms with E-state index in [-0.39, 0.29) is 11.6 Å². The predicted octanol–water partition coefficient (Wildman–Crippen LogP) is 1.14. The van der Waals surface area contributed by atoms with E-state index in [4.69, 9.17) is 10.5 Å². The molecule has 3 nitrogen and oxygen atoms in total. The van der Waals surface area contributed by atoms with E-state index in [1.807, 2.05) is 24.3 Å². The van der Waals surface area contributed by atoms with Crippen LogP contribution in [0.25, 0.3) is 0 Å². The van der Waals surface area contributed by atoms with E-state index >= 15 is 0 Å². The summed E-state index contributed by atoms with van der Waals surface area (Å²) in [5.41, 5.74) is 8.08. The van der Waals surface area contributed by atoms with E-state index in [0.717, 1.165) is 11.1 Å². The Morgan fingerprint density at radius 2 is 2.00 bits per heavy atom. The van der Waals surface area contributed by atoms with Crippen LogP contribution in [0, 0.1) is 0 Å². The molecule has 0 saturated heterocycles. The van der Waals surface area contributed by atoms with Gasteiger partial charge in [-0.25, -0.2) is 0 Å². The summed E-state index contributed by atoms with van der Waals surface area (Å²) in [6, 6.07) is 8.11. The highest BCUT2D eigenvalue weighted by atomic mass is 16.5. The second-order valence-electron chi connectivity index (χ2n) is 4.35. The lowest BCUT2D eigenvalue weighted by molar-refractivity contribution is 0.0209. The van der Waals surface area contributed by atoms with Gasteiger partial charge < -0.3 is 15.6 Å². The summed E-state index contributed by atoms with van der Waals surface area (Å²) < 4.78 is 5.04. The summed E-state index contributed by atoms with van der Waals surface area (Å²) in [5.74, 6) is 0. The molecule has 1 fully saturated rings. The molecule has 1 saturated carbocycles. The predicted molar refractivity (Wildman–Crippen MR) is 58.3 cm³/mol. The molecule has 3 heteroatoms. The van der Waals surface area contributed by atoms with Crippen molar-refractivity contribution in [1.29, 1.82) is 0 Å². The van der Waals surface area contributed by atoms with Crippen LogP contribution in [0.1, 0.15) is 24.0 Å². The Hall–Kier alpha value is -0.900. The van der Waals surface area contributed by atoms with Gasteiger partial charge in [0.05, 0.1) is 12.7 Å². The van der Waals surface area contributed by atoms with Crippen molar-refractivity contribution < 1.29 is 9.84 Å². The van der Waals surface area contributed by atoms with Gasteiger partial charge in [0.1, 0.15) is 0 Å². The molecule has 2 rings (SSSR count). The van der Waals surface area contributed by atoms with Gasteiger partial charge in [-0.1, -0.05) is 24.3 Å². The molecule has 0 amide bonds. The molecule has 1 aromatic carbocycles. The lowest BCUT2D eigenvalue weighted by Gasteiger charge is -2.42. The van der Waals surface area contributed by atoms with Gasteiger partial charge in [-0.05, 0) is 24.0 Å². The first-order chi connectivity index (χ1) is 7.14. The standard InChI is InChI=1S/C12H17NO2/c1-15-8-9-2-4-10(5-3-9)12(13)6-11(14)7-12/h2-5,11,14H,6-8,13H2,1H3. The second-order valence-corrected chi connectivity index (χ2v) is 4.35. The van der Waals surface area contributed by atoms with E-state index in [0.29, 0.717) is 19.4 Å². The molecule has 0 atom stereocenters. The SMILES string of the molecule is COCc1ccc(C2(N)CC(O)C2)cc1. The largest absolute Gasteiger partial charge is 0.393 e. The van der Waals surface area contributed by atoms with Gasteiger partial charge in [0.25, 0.3) is 0 Å². The van der Waals surface area contributed by atoms with Gasteiger partial charge in [-0.15, -0.1) is 0 Å². The molecule has 0 aromatic heterocycles. The molecule has 0 radical (unpaired) electrons. The van der Waals surface area contributed by atoms with Crippen LogP contribution in [0.15, 0.2) is 24.3 Å². The van der Waals surface area contributed by atoms with Crippen LogP contribution in [-0.4, -0.2) is 18.3 Å². The van der Waals surface area contributed by atoms with E-state index in [1.54, 1.807) is 7.11 Å². The summed E-state index contributed by atoms with van der Waals surface area (Å²) in [6.07, 6.45) is 1.10. The van der Waals surface area contributed by atoms with E-state index in [1.165, 1.54) is 0 Å². The van der Waals surface area contributed by atoms with Crippen molar-refractivity contribution in [2.75, 3.05) is 7.11 Å². The number of methoxy groups -OCH3 is 1. The maximum atomic E-state index is 9.28. The fraction of sp³-hybridized carbons (Fsp3) is 0.500. The third-order valence-corrected chi connectivity index (χ3v) is 3.04. The summed E-state index contributed by atoms with van der Waals surface area (Å²) in [5, 5.41) is 9.28. The molecular formula is C12H17NO2. The van der Waals surface area contributed by atoms with Gasteiger partial charge in [0.2, 0.25) is 0 Å². The Bertz CT molecular complexity index is 328. The Balaban J connectivity index is 2.10. The smallest absolute Gasteiger partial charge is 0.0713 e. The molecule has 3 N–H and O–H groups in total. The second kappa shape index (κ2) is 3.93. The molecular weight excluding hydrogens is 190 g/mol. The number of aliphatic hydroxyl groups excluding tert-OH is 1. The fourth-order valence-corrected chi connectivity index (χ4v) is 2.12. The molecule has 0 bridgehead atoms. The molecule has 0 spiro atoms. The Morgan fingerprint density at radius 1 is 1.40 bits per heavy atom. The van der Waals surface area contributed by atoms with Gasteiger partial charge in [0, 0.05) is 12.6 Å². The Labute approximate surface area is 89.9 Å². The van der Waals surface area contributed by atoms with Crippen LogP contribution in [0.5, 0.6) is 0 Å². The highest BCUT2D eigenvalue weighted by Gasteiger charge is 2.41. The van der Waals surface area contributed by atoms with Crippen molar-refractivity contribution in [2.45, 2.75) is 31.1 Å². The molecule has 1 aromatic rings. The zero-order chi connectivity index (χ0) is 10.9. The average molecular weight is 207 g/mol. The minimum atomic E-state index is -0.314. The maximum Gasteiger partial charge on any atom is 0.0713 e. The number of hydrogen-bond donors (Lipinski definition) is 2. The lowest BCUT2D eigenvalue weighted by Crippen LogP contribution is -2.51. The van der Waals surface area contributed by atoms with Crippen LogP contribution in [-0.2, 0) is 16.9 Å². The third-order valence-electron chi connectivity index (χ3n) is 3.04. The van der Waals surface area contributed by atoms with E-state index < -0.39 is 0 Å². The number of benzene rings is 1. The quantitative estimate of drug-likeness (QED) is 0.781. The van der Waals surface area contributed by atoms with Crippen LogP contribution >= 0.6 is 0 Å². The third kappa shape index (κ3) is 2.04. The van der Waals surface area contributed by atoms with Gasteiger partial charge in [-0.2, -0.15) is 0 Å². The number of ether oxygens (including phenoxy) is 1. The van der Waals surface area contributed by atoms with Crippen molar-refractivity contribution in [3.8, 4) is 0 Å². The minimum absolute atomic E-state index is 0.228. The first kappa shape index (κ1) is 10.6. The number of rotatable bonds is 3. The van der Waals surface area contributed by atoms with E-state index in [9.17, 15) is 5.11 Å². The van der Waals surface area contributed by atoms with Crippen molar-refractivity contribution >= 4 is 0 Å². The molecule has 0 unspecified atom stereocenters. The number of aliphatic hydroxyl groups is 1. The van der Waals surface area contributed by atoms with E-state index in [2.05, 4.69) is 0 Å². The molecule has 1 aliphatic carbocycles. The van der Waals surface area contributed by atoms with Crippen molar-refractivity contribution in [3.63, 3.8) is 0 Å². The Kier molecular flexibility index (Phi) is 2.78. The first-order valence-corrected chi connectivity index (χ1v) is 5.19. The number of nitrogens with two attached hydrogens (primary N) is 1. The van der Waals surface area contributed by atoms with Crippen LogP contribution < -0.4 is 5.73 Å². The average Bonchev–Trinajstić information content (AvgIpc) is 2.17. The van der Waals surface area contributed by atoms with Crippen molar-refractivity contribution in [1.82, 2.24) is 0 Å². The molecule has 0 heterocycles. The Morgan fingerprint density at radius 3 is 2.47 bits per heavy atom.